The number of allylic oxidation sites excluding steroid dienone is 6. The van der Waals surface area contributed by atoms with Gasteiger partial charge in [0.25, 0.3) is 0 Å². The zero-order chi connectivity index (χ0) is 22.2. The molecule has 8 heteroatoms. The number of ketones is 2. The van der Waals surface area contributed by atoms with Crippen molar-refractivity contribution in [3.05, 3.63) is 62.9 Å². The van der Waals surface area contributed by atoms with E-state index >= 15 is 0 Å². The quantitative estimate of drug-likeness (QED) is 0.375. The fraction of sp³-hybridized carbons (Fsp3) is 0.304. The van der Waals surface area contributed by atoms with Gasteiger partial charge in [0.05, 0.1) is 16.3 Å². The van der Waals surface area contributed by atoms with Gasteiger partial charge in [-0.05, 0) is 52.4 Å². The average Bonchev–Trinajstić information content (AvgIpc) is 2.97. The predicted octanol–water partition coefficient (Wildman–Crippen LogP) is 2.92. The molecule has 4 atom stereocenters. The van der Waals surface area contributed by atoms with Gasteiger partial charge >= 0.3 is 0 Å². The lowest BCUT2D eigenvalue weighted by Gasteiger charge is -2.42. The van der Waals surface area contributed by atoms with Crippen LogP contribution in [0, 0.1) is 23.6 Å². The molecule has 0 radical (unpaired) electrons. The molecular formula is C23H17BrFNO5. The van der Waals surface area contributed by atoms with Crippen molar-refractivity contribution in [2.75, 3.05) is 7.05 Å². The van der Waals surface area contributed by atoms with Gasteiger partial charge in [0.15, 0.2) is 23.1 Å². The predicted molar refractivity (Wildman–Crippen MR) is 110 cm³/mol. The van der Waals surface area contributed by atoms with E-state index in [9.17, 15) is 28.7 Å². The number of hydrogen-bond donors (Lipinski definition) is 1. The summed E-state index contributed by atoms with van der Waals surface area (Å²) in [6, 6.07) is 3.88. The highest BCUT2D eigenvalue weighted by Gasteiger charge is 2.55. The maximum atomic E-state index is 14.2. The molecule has 6 nitrogen and oxygen atoms in total. The zero-order valence-corrected chi connectivity index (χ0v) is 18.0. The molecule has 1 aliphatic heterocycles. The average molecular weight is 486 g/mol. The highest BCUT2D eigenvalue weighted by Crippen LogP contribution is 2.55. The Labute approximate surface area is 185 Å². The molecule has 1 saturated heterocycles. The molecule has 4 aliphatic rings. The van der Waals surface area contributed by atoms with E-state index in [1.54, 1.807) is 0 Å². The Kier molecular flexibility index (Phi) is 4.41. The summed E-state index contributed by atoms with van der Waals surface area (Å²) in [7, 11) is 1.46. The number of benzene rings is 1. The van der Waals surface area contributed by atoms with Crippen LogP contribution in [0.15, 0.2) is 51.6 Å². The van der Waals surface area contributed by atoms with E-state index in [0.717, 1.165) is 16.5 Å². The summed E-state index contributed by atoms with van der Waals surface area (Å²) in [4.78, 5) is 52.5. The fourth-order valence-electron chi connectivity index (χ4n) is 5.45. The molecule has 1 fully saturated rings. The molecule has 5 rings (SSSR count). The number of imide groups is 1. The smallest absolute Gasteiger partial charge is 0.233 e. The number of rotatable bonds is 1. The number of halogens is 2. The van der Waals surface area contributed by atoms with E-state index in [0.29, 0.717) is 12.0 Å². The van der Waals surface area contributed by atoms with Crippen LogP contribution in [0.3, 0.4) is 0 Å². The number of phenols is 1. The van der Waals surface area contributed by atoms with E-state index < -0.39 is 35.2 Å². The van der Waals surface area contributed by atoms with Crippen molar-refractivity contribution in [2.24, 2.45) is 17.8 Å². The molecule has 4 unspecified atom stereocenters. The van der Waals surface area contributed by atoms with E-state index in [4.69, 9.17) is 0 Å². The van der Waals surface area contributed by atoms with Gasteiger partial charge < -0.3 is 5.11 Å². The van der Waals surface area contributed by atoms with Gasteiger partial charge in [0.1, 0.15) is 0 Å². The normalized spacial score (nSPS) is 30.1. The summed E-state index contributed by atoms with van der Waals surface area (Å²) in [5.74, 6) is -4.90. The Hall–Kier alpha value is -2.87. The SMILES string of the molecule is CN1C(=O)C2CC=C3C(c4ccc(O)c(F)c4)C4=C(CC3C2C1=O)C(=O)C(Br)=CC4=O. The van der Waals surface area contributed by atoms with Crippen LogP contribution in [0.25, 0.3) is 0 Å². The van der Waals surface area contributed by atoms with E-state index in [2.05, 4.69) is 15.9 Å². The number of Topliss-reactive ketones (excluding diaryl/α,β-unsaturated/α-hetero) is 1. The number of fused-ring (bicyclic) bond motifs is 3. The molecule has 1 heterocycles. The first kappa shape index (κ1) is 20.1. The van der Waals surface area contributed by atoms with Crippen molar-refractivity contribution in [3.63, 3.8) is 0 Å². The molecule has 1 N–H and O–H groups in total. The third kappa shape index (κ3) is 2.74. The van der Waals surface area contributed by atoms with Crippen LogP contribution in [-0.2, 0) is 19.2 Å². The third-order valence-electron chi connectivity index (χ3n) is 6.86. The Morgan fingerprint density at radius 1 is 1.13 bits per heavy atom. The second-order valence-corrected chi connectivity index (χ2v) is 9.19. The minimum absolute atomic E-state index is 0.137. The Morgan fingerprint density at radius 2 is 1.87 bits per heavy atom. The molecule has 158 valence electrons. The minimum Gasteiger partial charge on any atom is -0.505 e. The van der Waals surface area contributed by atoms with Gasteiger partial charge in [0.2, 0.25) is 11.8 Å². The van der Waals surface area contributed by atoms with Gasteiger partial charge in [-0.3, -0.25) is 24.1 Å². The Balaban J connectivity index is 1.72. The molecule has 0 spiro atoms. The molecule has 0 bridgehead atoms. The summed E-state index contributed by atoms with van der Waals surface area (Å²) < 4.78 is 14.4. The highest BCUT2D eigenvalue weighted by atomic mass is 79.9. The van der Waals surface area contributed by atoms with Crippen molar-refractivity contribution < 1.29 is 28.7 Å². The number of nitrogens with zero attached hydrogens (tertiary/aromatic N) is 1. The summed E-state index contributed by atoms with van der Waals surface area (Å²) in [6.45, 7) is 0. The van der Waals surface area contributed by atoms with E-state index in [1.807, 2.05) is 6.08 Å². The van der Waals surface area contributed by atoms with Crippen molar-refractivity contribution in [3.8, 4) is 5.75 Å². The maximum absolute atomic E-state index is 14.2. The van der Waals surface area contributed by atoms with E-state index in [1.165, 1.54) is 25.3 Å². The Bertz CT molecular complexity index is 1200. The molecule has 3 aliphatic carbocycles. The fourth-order valence-corrected chi connectivity index (χ4v) is 5.89. The second-order valence-electron chi connectivity index (χ2n) is 8.34. The van der Waals surface area contributed by atoms with Gasteiger partial charge in [-0.25, -0.2) is 4.39 Å². The first-order chi connectivity index (χ1) is 14.7. The van der Waals surface area contributed by atoms with Crippen LogP contribution >= 0.6 is 15.9 Å². The van der Waals surface area contributed by atoms with Crippen LogP contribution in [-0.4, -0.2) is 40.4 Å². The van der Waals surface area contributed by atoms with Crippen molar-refractivity contribution in [1.29, 1.82) is 0 Å². The van der Waals surface area contributed by atoms with Crippen molar-refractivity contribution >= 4 is 39.3 Å². The number of carbonyl (C=O) groups excluding carboxylic acids is 4. The second kappa shape index (κ2) is 6.82. The molecule has 1 aromatic rings. The molecule has 2 amide bonds. The van der Waals surface area contributed by atoms with Gasteiger partial charge in [-0.1, -0.05) is 17.7 Å². The lowest BCUT2D eigenvalue weighted by atomic mass is 9.59. The molecule has 1 aromatic carbocycles. The lowest BCUT2D eigenvalue weighted by Crippen LogP contribution is -2.39. The zero-order valence-electron chi connectivity index (χ0n) is 16.4. The first-order valence-corrected chi connectivity index (χ1v) is 10.7. The van der Waals surface area contributed by atoms with Gasteiger partial charge in [0, 0.05) is 30.2 Å². The minimum atomic E-state index is -0.839. The van der Waals surface area contributed by atoms with Crippen LogP contribution in [0.1, 0.15) is 24.3 Å². The Morgan fingerprint density at radius 3 is 2.58 bits per heavy atom. The monoisotopic (exact) mass is 485 g/mol. The number of carbonyl (C=O) groups is 4. The van der Waals surface area contributed by atoms with E-state index in [-0.39, 0.29) is 45.4 Å². The maximum Gasteiger partial charge on any atom is 0.233 e. The molecule has 0 aromatic heterocycles. The number of hydrogen-bond acceptors (Lipinski definition) is 5. The highest BCUT2D eigenvalue weighted by molar-refractivity contribution is 9.12. The molecule has 0 saturated carbocycles. The summed E-state index contributed by atoms with van der Waals surface area (Å²) in [6.07, 6.45) is 3.59. The number of phenolic OH excluding ortho intramolecular Hbond substituents is 1. The van der Waals surface area contributed by atoms with Crippen LogP contribution in [0.4, 0.5) is 4.39 Å². The summed E-state index contributed by atoms with van der Waals surface area (Å²) >= 11 is 3.15. The first-order valence-electron chi connectivity index (χ1n) is 9.89. The van der Waals surface area contributed by atoms with Crippen LogP contribution < -0.4 is 0 Å². The standard InChI is InChI=1S/C23H17BrFNO5/c1-26-22(30)11-4-3-10-12(19(11)23(26)31)7-13-20(17(28)8-14(24)21(13)29)18(10)9-2-5-16(27)15(25)6-9/h2-3,5-6,8,11-12,18-19,27H,4,7H2,1H3. The largest absolute Gasteiger partial charge is 0.505 e. The van der Waals surface area contributed by atoms with Crippen LogP contribution in [0.2, 0.25) is 0 Å². The van der Waals surface area contributed by atoms with Crippen molar-refractivity contribution in [2.45, 2.75) is 18.8 Å². The molecular weight excluding hydrogens is 469 g/mol. The number of likely N-dealkylation sites (tertiary alicyclic amines) is 1. The lowest BCUT2D eigenvalue weighted by molar-refractivity contribution is -0.138. The van der Waals surface area contributed by atoms with Crippen molar-refractivity contribution in [1.82, 2.24) is 4.90 Å². The van der Waals surface area contributed by atoms with Gasteiger partial charge in [-0.15, -0.1) is 0 Å². The topological polar surface area (TPSA) is 91.8 Å². The van der Waals surface area contributed by atoms with Gasteiger partial charge in [-0.2, -0.15) is 0 Å². The van der Waals surface area contributed by atoms with Crippen LogP contribution in [0.5, 0.6) is 5.75 Å². The molecule has 31 heavy (non-hydrogen) atoms. The number of aromatic hydroxyl groups is 1. The summed E-state index contributed by atoms with van der Waals surface area (Å²) in [5.41, 5.74) is 1.71. The summed E-state index contributed by atoms with van der Waals surface area (Å²) in [5, 5.41) is 9.63. The number of amides is 2. The third-order valence-corrected chi connectivity index (χ3v) is 7.45.